The van der Waals surface area contributed by atoms with E-state index in [9.17, 15) is 9.59 Å². The van der Waals surface area contributed by atoms with Crippen molar-refractivity contribution in [3.63, 3.8) is 0 Å². The van der Waals surface area contributed by atoms with Crippen LogP contribution in [-0.4, -0.2) is 53.2 Å². The van der Waals surface area contributed by atoms with E-state index in [0.29, 0.717) is 31.6 Å². The fraction of sp³-hybridized carbons (Fsp3) is 0.379. The van der Waals surface area contributed by atoms with E-state index in [1.165, 1.54) is 5.56 Å². The van der Waals surface area contributed by atoms with E-state index in [0.717, 1.165) is 54.5 Å². The Morgan fingerprint density at radius 1 is 0.889 bits per heavy atom. The lowest BCUT2D eigenvalue weighted by Gasteiger charge is -2.35. The number of fused-ring (bicyclic) bond motifs is 1. The molecule has 0 unspecified atom stereocenters. The molecule has 2 aliphatic rings. The van der Waals surface area contributed by atoms with Crippen molar-refractivity contribution < 1.29 is 14.3 Å². The van der Waals surface area contributed by atoms with E-state index in [2.05, 4.69) is 40.7 Å². The van der Waals surface area contributed by atoms with E-state index in [-0.39, 0.29) is 18.1 Å². The van der Waals surface area contributed by atoms with Gasteiger partial charge in [-0.25, -0.2) is 0 Å². The van der Waals surface area contributed by atoms with Crippen LogP contribution >= 0.6 is 0 Å². The van der Waals surface area contributed by atoms with Crippen molar-refractivity contribution in [2.24, 2.45) is 0 Å². The third-order valence-electron chi connectivity index (χ3n) is 7.01. The number of amides is 1. The Kier molecular flexibility index (Phi) is 7.09. The first-order valence-corrected chi connectivity index (χ1v) is 12.7. The third kappa shape index (κ3) is 5.02. The zero-order valence-corrected chi connectivity index (χ0v) is 21.0. The number of pyridine rings is 1. The predicted octanol–water partition coefficient (Wildman–Crippen LogP) is 3.84. The zero-order valence-electron chi connectivity index (χ0n) is 21.0. The summed E-state index contributed by atoms with van der Waals surface area (Å²) in [6, 6.07) is 17.9. The molecule has 0 bridgehead atoms. The van der Waals surface area contributed by atoms with Crippen LogP contribution in [0.2, 0.25) is 0 Å². The van der Waals surface area contributed by atoms with Gasteiger partial charge in [0.1, 0.15) is 5.56 Å². The van der Waals surface area contributed by atoms with Crippen LogP contribution in [0.15, 0.2) is 59.4 Å². The predicted molar refractivity (Wildman–Crippen MR) is 139 cm³/mol. The lowest BCUT2D eigenvalue weighted by molar-refractivity contribution is 0.0625. The van der Waals surface area contributed by atoms with Gasteiger partial charge in [-0.3, -0.25) is 14.5 Å². The molecule has 36 heavy (non-hydrogen) atoms. The van der Waals surface area contributed by atoms with Gasteiger partial charge in [-0.1, -0.05) is 49.7 Å². The minimum Gasteiger partial charge on any atom is -0.454 e. The number of nitrogens with zero attached hydrogens (tertiary/aromatic N) is 3. The third-order valence-corrected chi connectivity index (χ3v) is 7.01. The highest BCUT2D eigenvalue weighted by Crippen LogP contribution is 2.33. The van der Waals surface area contributed by atoms with Gasteiger partial charge in [0, 0.05) is 56.7 Å². The summed E-state index contributed by atoms with van der Waals surface area (Å²) < 4.78 is 13.1. The van der Waals surface area contributed by atoms with E-state index in [1.807, 2.05) is 36.1 Å². The Morgan fingerprint density at radius 2 is 1.64 bits per heavy atom. The van der Waals surface area contributed by atoms with Crippen molar-refractivity contribution in [1.82, 2.24) is 14.4 Å². The largest absolute Gasteiger partial charge is 0.454 e. The van der Waals surface area contributed by atoms with Crippen molar-refractivity contribution >= 4 is 5.91 Å². The summed E-state index contributed by atoms with van der Waals surface area (Å²) in [5, 5.41) is 0. The first kappa shape index (κ1) is 24.1. The molecule has 0 radical (unpaired) electrons. The van der Waals surface area contributed by atoms with Gasteiger partial charge in [0.05, 0.1) is 0 Å². The van der Waals surface area contributed by atoms with Gasteiger partial charge >= 0.3 is 0 Å². The summed E-state index contributed by atoms with van der Waals surface area (Å²) in [6.07, 6.45) is 1.51. The van der Waals surface area contributed by atoms with Crippen molar-refractivity contribution in [3.05, 3.63) is 92.9 Å². The van der Waals surface area contributed by atoms with Gasteiger partial charge in [-0.15, -0.1) is 0 Å². The van der Waals surface area contributed by atoms with Crippen molar-refractivity contribution in [2.75, 3.05) is 33.0 Å². The molecule has 1 amide bonds. The van der Waals surface area contributed by atoms with E-state index in [4.69, 9.17) is 9.47 Å². The van der Waals surface area contributed by atoms with Crippen molar-refractivity contribution in [3.8, 4) is 11.5 Å². The molecule has 2 aliphatic heterocycles. The van der Waals surface area contributed by atoms with E-state index >= 15 is 0 Å². The van der Waals surface area contributed by atoms with Gasteiger partial charge < -0.3 is 18.9 Å². The number of rotatable bonds is 7. The summed E-state index contributed by atoms with van der Waals surface area (Å²) in [4.78, 5) is 31.1. The van der Waals surface area contributed by atoms with Gasteiger partial charge in [-0.2, -0.15) is 0 Å². The fourth-order valence-corrected chi connectivity index (χ4v) is 5.11. The number of benzene rings is 2. The van der Waals surface area contributed by atoms with Crippen LogP contribution in [0, 0.1) is 6.92 Å². The molecule has 7 heteroatoms. The second-order valence-electron chi connectivity index (χ2n) is 9.55. The second kappa shape index (κ2) is 10.6. The number of piperazine rings is 1. The summed E-state index contributed by atoms with van der Waals surface area (Å²) >= 11 is 0. The zero-order chi connectivity index (χ0) is 25.1. The minimum atomic E-state index is -0.186. The molecule has 3 aromatic rings. The van der Waals surface area contributed by atoms with Gasteiger partial charge in [-0.05, 0) is 36.6 Å². The number of hydrogen-bond donors (Lipinski definition) is 0. The highest BCUT2D eigenvalue weighted by atomic mass is 16.7. The van der Waals surface area contributed by atoms with E-state index < -0.39 is 0 Å². The Bertz CT molecular complexity index is 1290. The number of aryl methyl sites for hydroxylation is 1. The Morgan fingerprint density at radius 3 is 2.39 bits per heavy atom. The molecule has 0 atom stereocenters. The molecular formula is C29H33N3O4. The average molecular weight is 488 g/mol. The molecule has 0 spiro atoms. The normalized spacial score (nSPS) is 15.3. The van der Waals surface area contributed by atoms with Crippen LogP contribution in [-0.2, 0) is 19.5 Å². The molecule has 1 aromatic heterocycles. The molecule has 188 valence electrons. The van der Waals surface area contributed by atoms with Crippen LogP contribution in [0.4, 0.5) is 0 Å². The number of hydrogen-bond acceptors (Lipinski definition) is 5. The molecule has 2 aromatic carbocycles. The van der Waals surface area contributed by atoms with Crippen LogP contribution in [0.5, 0.6) is 11.5 Å². The summed E-state index contributed by atoms with van der Waals surface area (Å²) in [5.41, 5.74) is 4.11. The molecular weight excluding hydrogens is 454 g/mol. The van der Waals surface area contributed by atoms with Crippen LogP contribution in [0.1, 0.15) is 46.2 Å². The number of ether oxygens (including phenoxy) is 2. The van der Waals surface area contributed by atoms with Gasteiger partial charge in [0.2, 0.25) is 6.79 Å². The van der Waals surface area contributed by atoms with E-state index in [1.54, 1.807) is 6.07 Å². The molecule has 5 rings (SSSR count). The van der Waals surface area contributed by atoms with Crippen LogP contribution < -0.4 is 14.9 Å². The first-order chi connectivity index (χ1) is 17.5. The van der Waals surface area contributed by atoms with Crippen molar-refractivity contribution in [1.29, 1.82) is 0 Å². The van der Waals surface area contributed by atoms with Crippen LogP contribution in [0.25, 0.3) is 0 Å². The first-order valence-electron chi connectivity index (χ1n) is 12.7. The topological polar surface area (TPSA) is 64.0 Å². The molecule has 1 saturated heterocycles. The average Bonchev–Trinajstić information content (AvgIpc) is 3.35. The van der Waals surface area contributed by atoms with Gasteiger partial charge in [0.15, 0.2) is 16.9 Å². The molecule has 7 nitrogen and oxygen atoms in total. The Balaban J connectivity index is 1.37. The lowest BCUT2D eigenvalue weighted by Crippen LogP contribution is -2.49. The highest BCUT2D eigenvalue weighted by molar-refractivity contribution is 5.95. The monoisotopic (exact) mass is 487 g/mol. The molecule has 0 N–H and O–H groups in total. The Labute approximate surface area is 211 Å². The maximum absolute atomic E-state index is 13.7. The fourth-order valence-electron chi connectivity index (χ4n) is 5.11. The number of carbonyl (C=O) groups excluding carboxylic acids is 1. The summed E-state index contributed by atoms with van der Waals surface area (Å²) in [6.45, 7) is 8.49. The molecule has 3 heterocycles. The SMILES string of the molecule is CCCc1c(C(=O)N2CCN(Cc3ccccc3)CC2)c(=O)cc(C)n1Cc1ccc2c(c1)OCO2. The molecule has 1 fully saturated rings. The highest BCUT2D eigenvalue weighted by Gasteiger charge is 2.27. The lowest BCUT2D eigenvalue weighted by atomic mass is 10.0. The number of aromatic nitrogens is 1. The maximum Gasteiger partial charge on any atom is 0.259 e. The van der Waals surface area contributed by atoms with Crippen LogP contribution in [0.3, 0.4) is 0 Å². The Hall–Kier alpha value is -3.58. The van der Waals surface area contributed by atoms with Gasteiger partial charge in [0.25, 0.3) is 5.91 Å². The minimum absolute atomic E-state index is 0.151. The smallest absolute Gasteiger partial charge is 0.259 e. The number of carbonyl (C=O) groups is 1. The molecule has 0 aliphatic carbocycles. The maximum atomic E-state index is 13.7. The second-order valence-corrected chi connectivity index (χ2v) is 9.55. The summed E-state index contributed by atoms with van der Waals surface area (Å²) in [5.74, 6) is 1.32. The quantitative estimate of drug-likeness (QED) is 0.507. The standard InChI is InChI=1S/C29H33N3O4/c1-3-7-24-28(29(34)31-14-12-30(13-15-31)18-22-8-5-4-6-9-22)25(33)16-21(2)32(24)19-23-10-11-26-27(17-23)36-20-35-26/h4-6,8-11,16-17H,3,7,12-15,18-20H2,1-2H3. The van der Waals surface area contributed by atoms with Crippen molar-refractivity contribution in [2.45, 2.75) is 39.8 Å². The summed E-state index contributed by atoms with van der Waals surface area (Å²) in [7, 11) is 0. The molecule has 0 saturated carbocycles.